The van der Waals surface area contributed by atoms with Gasteiger partial charge in [-0.2, -0.15) is 4.98 Å². The highest BCUT2D eigenvalue weighted by Crippen LogP contribution is 2.38. The number of aromatic nitrogens is 3. The molecule has 0 spiro atoms. The molecule has 9 rings (SSSR count). The van der Waals surface area contributed by atoms with Crippen molar-refractivity contribution in [2.24, 2.45) is 0 Å². The first-order chi connectivity index (χ1) is 31.3. The fraction of sp³-hybridized carbons (Fsp3) is 0.378. The van der Waals surface area contributed by atoms with E-state index in [1.165, 1.54) is 16.4 Å². The maximum absolute atomic E-state index is 13.4. The van der Waals surface area contributed by atoms with Crippen molar-refractivity contribution in [1.82, 2.24) is 34.0 Å². The Morgan fingerprint density at radius 3 is 2.40 bits per heavy atom. The number of nitrogens with zero attached hydrogens (tertiary/aromatic N) is 7. The second-order valence-electron chi connectivity index (χ2n) is 16.7. The average molecular weight is 970 g/mol. The lowest BCUT2D eigenvalue weighted by Crippen LogP contribution is -2.54. The third-order valence-corrected chi connectivity index (χ3v) is 14.2. The number of benzene rings is 3. The van der Waals surface area contributed by atoms with Gasteiger partial charge in [0.05, 0.1) is 45.9 Å². The number of anilines is 5. The van der Waals surface area contributed by atoms with Gasteiger partial charge in [-0.15, -0.1) is 0 Å². The van der Waals surface area contributed by atoms with Gasteiger partial charge in [0.15, 0.2) is 0 Å². The van der Waals surface area contributed by atoms with E-state index in [0.717, 1.165) is 73.6 Å². The van der Waals surface area contributed by atoms with E-state index in [1.54, 1.807) is 43.6 Å². The molecule has 5 aromatic rings. The third kappa shape index (κ3) is 8.86. The first-order valence-electron chi connectivity index (χ1n) is 21.5. The van der Waals surface area contributed by atoms with Gasteiger partial charge in [-0.1, -0.05) is 18.2 Å². The number of piperazine rings is 1. The van der Waals surface area contributed by atoms with Crippen LogP contribution in [-0.2, 0) is 19.6 Å². The van der Waals surface area contributed by atoms with E-state index in [1.807, 2.05) is 18.2 Å². The number of nitrogens with one attached hydrogen (secondary N) is 3. The Hall–Kier alpha value is -6.09. The van der Waals surface area contributed by atoms with Gasteiger partial charge < -0.3 is 25.0 Å². The van der Waals surface area contributed by atoms with E-state index >= 15 is 0 Å². The molecule has 0 aliphatic carbocycles. The van der Waals surface area contributed by atoms with Crippen molar-refractivity contribution in [3.05, 3.63) is 88.2 Å². The van der Waals surface area contributed by atoms with Crippen LogP contribution in [0.5, 0.6) is 11.5 Å². The first kappa shape index (κ1) is 44.1. The SMILES string of the molecule is COc1cc(N2CCC(N3CCN(CCOc4cccc5c4C(=O)N(C4CCC(=O)NC4=O)C5=O)CC3)CC2)c(C)cc1Nc1ncc(Br)c(Nc2cccc3ccn(S(C)(=O)=O)c23)n1. The van der Waals surface area contributed by atoms with Crippen LogP contribution >= 0.6 is 15.9 Å². The summed E-state index contributed by atoms with van der Waals surface area (Å²) in [4.78, 5) is 68.3. The molecule has 0 saturated carbocycles. The molecule has 3 fully saturated rings. The van der Waals surface area contributed by atoms with Gasteiger partial charge in [-0.25, -0.2) is 17.4 Å². The molecule has 1 unspecified atom stereocenters. The summed E-state index contributed by atoms with van der Waals surface area (Å²) in [6.45, 7) is 8.52. The number of fused-ring (bicyclic) bond motifs is 2. The molecule has 20 heteroatoms. The molecule has 3 N–H and O–H groups in total. The van der Waals surface area contributed by atoms with Crippen molar-refractivity contribution in [2.45, 2.75) is 44.7 Å². The highest BCUT2D eigenvalue weighted by molar-refractivity contribution is 9.10. The summed E-state index contributed by atoms with van der Waals surface area (Å²) in [5.41, 5.74) is 4.35. The normalized spacial score (nSPS) is 18.9. The molecule has 3 aromatic carbocycles. The lowest BCUT2D eigenvalue weighted by atomic mass is 10.0. The molecule has 6 heterocycles. The van der Waals surface area contributed by atoms with Crippen molar-refractivity contribution in [3.8, 4) is 11.5 Å². The molecular weight excluding hydrogens is 921 g/mol. The molecule has 0 bridgehead atoms. The molecule has 65 heavy (non-hydrogen) atoms. The number of carbonyl (C=O) groups excluding carboxylic acids is 4. The number of imide groups is 2. The Kier molecular flexibility index (Phi) is 12.3. The highest BCUT2D eigenvalue weighted by Gasteiger charge is 2.46. The van der Waals surface area contributed by atoms with Crippen LogP contribution in [0, 0.1) is 6.92 Å². The van der Waals surface area contributed by atoms with Crippen molar-refractivity contribution < 1.29 is 37.1 Å². The molecule has 1 atom stereocenters. The van der Waals surface area contributed by atoms with Crippen LogP contribution in [0.4, 0.5) is 28.8 Å². The summed E-state index contributed by atoms with van der Waals surface area (Å²) in [7, 11) is -1.90. The van der Waals surface area contributed by atoms with E-state index < -0.39 is 39.7 Å². The van der Waals surface area contributed by atoms with Crippen LogP contribution in [0.2, 0.25) is 0 Å². The van der Waals surface area contributed by atoms with Crippen LogP contribution in [0.3, 0.4) is 0 Å². The van der Waals surface area contributed by atoms with Crippen LogP contribution in [0.25, 0.3) is 10.9 Å². The standard InChI is InChI=1S/C45H49BrN10O8S/c1-27-24-33(49-45-47-26-31(46)41(51-45)48-32-8-4-6-28-12-17-55(40(28)32)65(3,61)62)37(63-2)25-35(27)54-15-13-29(14-16-54)53-20-18-52(19-21-53)22-23-64-36-9-5-7-30-39(36)44(60)56(43(30)59)34-10-11-38(57)50-42(34)58/h4-9,12,17,24-26,29,34H,10-11,13-16,18-23H2,1-3H3,(H,50,57,58)(H2,47,48,49,51). The Morgan fingerprint density at radius 2 is 1.66 bits per heavy atom. The largest absolute Gasteiger partial charge is 0.494 e. The Labute approximate surface area is 384 Å². The quantitative estimate of drug-likeness (QED) is 0.135. The Morgan fingerprint density at radius 1 is 0.892 bits per heavy atom. The number of rotatable bonds is 13. The number of hydrogen-bond acceptors (Lipinski definition) is 15. The van der Waals surface area contributed by atoms with Crippen LogP contribution in [0.15, 0.2) is 71.5 Å². The maximum Gasteiger partial charge on any atom is 0.266 e. The number of carbonyl (C=O) groups is 4. The third-order valence-electron chi connectivity index (χ3n) is 12.6. The minimum Gasteiger partial charge on any atom is -0.494 e. The molecule has 4 amide bonds. The zero-order chi connectivity index (χ0) is 45.6. The number of halogens is 1. The molecule has 340 valence electrons. The molecule has 2 aromatic heterocycles. The Bertz CT molecular complexity index is 2820. The molecule has 0 radical (unpaired) electrons. The summed E-state index contributed by atoms with van der Waals surface area (Å²) in [5, 5.41) is 9.61. The van der Waals surface area contributed by atoms with E-state index in [-0.39, 0.29) is 24.0 Å². The predicted molar refractivity (Wildman–Crippen MR) is 248 cm³/mol. The minimum atomic E-state index is -3.54. The van der Waals surface area contributed by atoms with Crippen LogP contribution in [-0.4, -0.2) is 139 Å². The topological polar surface area (TPSA) is 201 Å². The number of ether oxygens (including phenoxy) is 2. The second kappa shape index (κ2) is 18.1. The predicted octanol–water partition coefficient (Wildman–Crippen LogP) is 4.87. The molecular formula is C45H49BrN10O8S. The molecule has 4 aliphatic rings. The number of hydrogen-bond donors (Lipinski definition) is 3. The van der Waals surface area contributed by atoms with Crippen molar-refractivity contribution in [1.29, 1.82) is 0 Å². The summed E-state index contributed by atoms with van der Waals surface area (Å²) in [6, 6.07) is 15.7. The van der Waals surface area contributed by atoms with Gasteiger partial charge in [0.2, 0.25) is 27.8 Å². The van der Waals surface area contributed by atoms with E-state index in [9.17, 15) is 27.6 Å². The fourth-order valence-electron chi connectivity index (χ4n) is 9.30. The van der Waals surface area contributed by atoms with E-state index in [0.29, 0.717) is 63.8 Å². The Balaban J connectivity index is 0.770. The summed E-state index contributed by atoms with van der Waals surface area (Å²) < 4.78 is 38.9. The van der Waals surface area contributed by atoms with E-state index in [2.05, 4.69) is 64.6 Å². The van der Waals surface area contributed by atoms with Gasteiger partial charge in [-0.05, 0) is 78.0 Å². The van der Waals surface area contributed by atoms with Gasteiger partial charge in [0.25, 0.3) is 11.8 Å². The van der Waals surface area contributed by atoms with Crippen LogP contribution < -0.4 is 30.3 Å². The number of piperidine rings is 2. The van der Waals surface area contributed by atoms with Gasteiger partial charge in [0, 0.05) is 87.8 Å². The minimum absolute atomic E-state index is 0.0610. The van der Waals surface area contributed by atoms with Crippen molar-refractivity contribution in [2.75, 3.05) is 81.3 Å². The van der Waals surface area contributed by atoms with Crippen molar-refractivity contribution in [3.63, 3.8) is 0 Å². The van der Waals surface area contributed by atoms with Crippen LogP contribution in [0.1, 0.15) is 52.0 Å². The second-order valence-corrected chi connectivity index (χ2v) is 19.4. The number of amides is 4. The number of aryl methyl sites for hydroxylation is 1. The van der Waals surface area contributed by atoms with Gasteiger partial charge >= 0.3 is 0 Å². The van der Waals surface area contributed by atoms with E-state index in [4.69, 9.17) is 14.5 Å². The zero-order valence-corrected chi connectivity index (χ0v) is 38.6. The van der Waals surface area contributed by atoms with Gasteiger partial charge in [-0.3, -0.25) is 39.2 Å². The zero-order valence-electron chi connectivity index (χ0n) is 36.2. The maximum atomic E-state index is 13.4. The smallest absolute Gasteiger partial charge is 0.266 e. The summed E-state index contributed by atoms with van der Waals surface area (Å²) in [6.07, 6.45) is 6.55. The lowest BCUT2D eigenvalue weighted by Gasteiger charge is -2.43. The number of methoxy groups -OCH3 is 1. The molecule has 18 nitrogen and oxygen atoms in total. The summed E-state index contributed by atoms with van der Waals surface area (Å²) in [5.74, 6) is -0.441. The van der Waals surface area contributed by atoms with Gasteiger partial charge in [0.1, 0.15) is 30.0 Å². The summed E-state index contributed by atoms with van der Waals surface area (Å²) >= 11 is 3.54. The molecule has 4 aliphatic heterocycles. The fourth-order valence-corrected chi connectivity index (χ4v) is 10.4. The van der Waals surface area contributed by atoms with Crippen molar-refractivity contribution >= 4 is 89.3 Å². The lowest BCUT2D eigenvalue weighted by molar-refractivity contribution is -0.136. The highest BCUT2D eigenvalue weighted by atomic mass is 79.9. The first-order valence-corrected chi connectivity index (χ1v) is 24.2. The number of para-hydroxylation sites is 1. The average Bonchev–Trinajstić information content (AvgIpc) is 3.85. The molecule has 3 saturated heterocycles. The monoisotopic (exact) mass is 968 g/mol.